The van der Waals surface area contributed by atoms with Gasteiger partial charge in [0.1, 0.15) is 11.6 Å². The predicted molar refractivity (Wildman–Crippen MR) is 112 cm³/mol. The maximum atomic E-state index is 14.0. The number of aromatic carboxylic acids is 1. The number of methoxy groups -OCH3 is 1. The lowest BCUT2D eigenvalue weighted by molar-refractivity contribution is 0.0696. The Morgan fingerprint density at radius 1 is 1.21 bits per heavy atom. The van der Waals surface area contributed by atoms with Crippen LogP contribution in [-0.2, 0) is 11.3 Å². The number of carboxylic acids is 1. The first-order chi connectivity index (χ1) is 13.9. The van der Waals surface area contributed by atoms with Crippen molar-refractivity contribution in [2.45, 2.75) is 13.5 Å². The van der Waals surface area contributed by atoms with Crippen LogP contribution in [0.15, 0.2) is 66.4 Å². The Morgan fingerprint density at radius 2 is 1.93 bits per heavy atom. The fourth-order valence-corrected chi connectivity index (χ4v) is 3.22. The summed E-state index contributed by atoms with van der Waals surface area (Å²) < 4.78 is 21.3. The molecule has 0 saturated carbocycles. The van der Waals surface area contributed by atoms with E-state index in [1.165, 1.54) is 12.1 Å². The summed E-state index contributed by atoms with van der Waals surface area (Å²) in [5, 5.41) is 10.8. The van der Waals surface area contributed by atoms with E-state index >= 15 is 0 Å². The summed E-state index contributed by atoms with van der Waals surface area (Å²) in [6, 6.07) is 15.6. The van der Waals surface area contributed by atoms with Gasteiger partial charge in [-0.2, -0.15) is 0 Å². The molecule has 1 aromatic heterocycles. The van der Waals surface area contributed by atoms with Crippen LogP contribution in [0.2, 0.25) is 0 Å². The predicted octanol–water partition coefficient (Wildman–Crippen LogP) is 3.78. The highest BCUT2D eigenvalue weighted by Gasteiger charge is 2.12. The van der Waals surface area contributed by atoms with Gasteiger partial charge in [-0.25, -0.2) is 9.18 Å². The molecule has 4 nitrogen and oxygen atoms in total. The number of allylic oxidation sites excluding steroid dienone is 2. The van der Waals surface area contributed by atoms with E-state index in [0.29, 0.717) is 11.3 Å². The van der Waals surface area contributed by atoms with Crippen molar-refractivity contribution in [2.75, 3.05) is 7.11 Å². The molecule has 3 rings (SSSR count). The molecule has 1 N–H and O–H groups in total. The number of carbonyl (C=O) groups is 1. The van der Waals surface area contributed by atoms with Gasteiger partial charge in [0.15, 0.2) is 0 Å². The Hall–Kier alpha value is -3.60. The SMILES string of the molecule is C=c1/c(=C\C(=C/C)OC)cc(-c2ccccc2)n1Cc1cc(F)cc(C(=O)O)c1. The van der Waals surface area contributed by atoms with Gasteiger partial charge in [-0.15, -0.1) is 0 Å². The molecular formula is C24H22FNO3. The summed E-state index contributed by atoms with van der Waals surface area (Å²) in [6.07, 6.45) is 3.74. The van der Waals surface area contributed by atoms with Crippen LogP contribution in [0.4, 0.5) is 4.39 Å². The van der Waals surface area contributed by atoms with Crippen LogP contribution in [0, 0.1) is 5.82 Å². The van der Waals surface area contributed by atoms with E-state index in [4.69, 9.17) is 4.74 Å². The zero-order valence-corrected chi connectivity index (χ0v) is 16.4. The van der Waals surface area contributed by atoms with Crippen LogP contribution in [0.3, 0.4) is 0 Å². The van der Waals surface area contributed by atoms with Gasteiger partial charge < -0.3 is 14.4 Å². The van der Waals surface area contributed by atoms with Gasteiger partial charge in [0, 0.05) is 22.8 Å². The summed E-state index contributed by atoms with van der Waals surface area (Å²) >= 11 is 0. The Morgan fingerprint density at radius 3 is 2.55 bits per heavy atom. The third kappa shape index (κ3) is 4.46. The van der Waals surface area contributed by atoms with E-state index in [-0.39, 0.29) is 12.1 Å². The summed E-state index contributed by atoms with van der Waals surface area (Å²) in [5.41, 5.74) is 2.34. The Kier molecular flexibility index (Phi) is 5.98. The molecule has 0 spiro atoms. The first-order valence-electron chi connectivity index (χ1n) is 9.11. The van der Waals surface area contributed by atoms with Crippen LogP contribution in [0.1, 0.15) is 22.8 Å². The average molecular weight is 391 g/mol. The minimum Gasteiger partial charge on any atom is -0.497 e. The normalized spacial score (nSPS) is 12.2. The largest absolute Gasteiger partial charge is 0.497 e. The van der Waals surface area contributed by atoms with Crippen LogP contribution >= 0.6 is 0 Å². The Bertz CT molecular complexity index is 1180. The molecule has 5 heteroatoms. The zero-order valence-electron chi connectivity index (χ0n) is 16.4. The van der Waals surface area contributed by atoms with E-state index in [2.05, 4.69) is 6.58 Å². The van der Waals surface area contributed by atoms with Gasteiger partial charge in [0.2, 0.25) is 0 Å². The second-order valence-corrected chi connectivity index (χ2v) is 6.58. The molecule has 0 aliphatic carbocycles. The van der Waals surface area contributed by atoms with Gasteiger partial charge >= 0.3 is 5.97 Å². The number of nitrogens with zero attached hydrogens (tertiary/aromatic N) is 1. The van der Waals surface area contributed by atoms with Crippen molar-refractivity contribution in [2.24, 2.45) is 0 Å². The minimum atomic E-state index is -1.16. The molecule has 0 bridgehead atoms. The first kappa shape index (κ1) is 20.1. The highest BCUT2D eigenvalue weighted by atomic mass is 19.1. The molecule has 148 valence electrons. The van der Waals surface area contributed by atoms with Crippen LogP contribution in [-0.4, -0.2) is 22.8 Å². The van der Waals surface area contributed by atoms with Gasteiger partial charge in [-0.05, 0) is 54.5 Å². The number of hydrogen-bond acceptors (Lipinski definition) is 2. The molecule has 2 aromatic carbocycles. The maximum Gasteiger partial charge on any atom is 0.335 e. The molecule has 0 unspecified atom stereocenters. The van der Waals surface area contributed by atoms with E-state index in [1.54, 1.807) is 7.11 Å². The van der Waals surface area contributed by atoms with Crippen molar-refractivity contribution in [1.29, 1.82) is 0 Å². The van der Waals surface area contributed by atoms with Gasteiger partial charge in [0.25, 0.3) is 0 Å². The second kappa shape index (κ2) is 8.61. The number of hydrogen-bond donors (Lipinski definition) is 1. The summed E-state index contributed by atoms with van der Waals surface area (Å²) in [5.74, 6) is -1.05. The number of rotatable bonds is 6. The molecule has 0 aliphatic rings. The number of ether oxygens (including phenoxy) is 1. The monoisotopic (exact) mass is 391 g/mol. The summed E-state index contributed by atoms with van der Waals surface area (Å²) in [6.45, 7) is 6.37. The molecule has 3 aromatic rings. The highest BCUT2D eigenvalue weighted by molar-refractivity contribution is 5.87. The molecule has 0 atom stereocenters. The molecule has 29 heavy (non-hydrogen) atoms. The lowest BCUT2D eigenvalue weighted by Gasteiger charge is -2.11. The van der Waals surface area contributed by atoms with E-state index < -0.39 is 11.8 Å². The van der Waals surface area contributed by atoms with Crippen molar-refractivity contribution in [1.82, 2.24) is 4.57 Å². The Labute approximate surface area is 168 Å². The topological polar surface area (TPSA) is 51.5 Å². The quantitative estimate of drug-likeness (QED) is 0.651. The summed E-state index contributed by atoms with van der Waals surface area (Å²) in [7, 11) is 1.60. The Balaban J connectivity index is 2.19. The average Bonchev–Trinajstić information content (AvgIpc) is 3.01. The number of benzene rings is 2. The number of halogens is 1. The lowest BCUT2D eigenvalue weighted by atomic mass is 10.1. The fraction of sp³-hybridized carbons (Fsp3) is 0.125. The van der Waals surface area contributed by atoms with E-state index in [1.807, 2.05) is 60.0 Å². The standard InChI is InChI=1S/C24H22FNO3/c1-4-22(29-3)13-19-14-23(18-8-6-5-7-9-18)26(16(19)2)15-17-10-20(24(27)28)12-21(25)11-17/h4-14H,2,15H2,1,3H3,(H,27,28)/b19-13-,22-4+. The van der Waals surface area contributed by atoms with Crippen molar-refractivity contribution in [3.63, 3.8) is 0 Å². The van der Waals surface area contributed by atoms with Crippen molar-refractivity contribution in [3.05, 3.63) is 93.9 Å². The number of carboxylic acid groups (broad SMARTS) is 1. The molecule has 0 aliphatic heterocycles. The molecule has 1 heterocycles. The second-order valence-electron chi connectivity index (χ2n) is 6.58. The van der Waals surface area contributed by atoms with Crippen molar-refractivity contribution in [3.8, 4) is 11.3 Å². The third-order valence-electron chi connectivity index (χ3n) is 4.67. The van der Waals surface area contributed by atoms with Gasteiger partial charge in [0.05, 0.1) is 12.7 Å². The third-order valence-corrected chi connectivity index (χ3v) is 4.67. The first-order valence-corrected chi connectivity index (χ1v) is 9.11. The number of aromatic nitrogens is 1. The van der Waals surface area contributed by atoms with Crippen LogP contribution in [0.25, 0.3) is 23.9 Å². The highest BCUT2D eigenvalue weighted by Crippen LogP contribution is 2.19. The zero-order chi connectivity index (χ0) is 21.0. The maximum absolute atomic E-state index is 14.0. The fourth-order valence-electron chi connectivity index (χ4n) is 3.22. The molecule has 0 fully saturated rings. The molecule has 0 saturated heterocycles. The molecule has 0 amide bonds. The van der Waals surface area contributed by atoms with Crippen molar-refractivity contribution < 1.29 is 19.0 Å². The minimum absolute atomic E-state index is 0.0820. The molecular weight excluding hydrogens is 369 g/mol. The lowest BCUT2D eigenvalue weighted by Crippen LogP contribution is -2.28. The van der Waals surface area contributed by atoms with Crippen LogP contribution < -0.4 is 10.6 Å². The van der Waals surface area contributed by atoms with Gasteiger partial charge in [-0.3, -0.25) is 0 Å². The summed E-state index contributed by atoms with van der Waals surface area (Å²) in [4.78, 5) is 11.3. The van der Waals surface area contributed by atoms with E-state index in [0.717, 1.165) is 27.9 Å². The van der Waals surface area contributed by atoms with Crippen molar-refractivity contribution >= 4 is 18.6 Å². The molecule has 0 radical (unpaired) electrons. The smallest absolute Gasteiger partial charge is 0.335 e. The van der Waals surface area contributed by atoms with Gasteiger partial charge in [-0.1, -0.05) is 36.9 Å². The van der Waals surface area contributed by atoms with E-state index in [9.17, 15) is 14.3 Å². The van der Waals surface area contributed by atoms with Crippen LogP contribution in [0.5, 0.6) is 0 Å².